The topological polar surface area (TPSA) is 116 Å². The van der Waals surface area contributed by atoms with Crippen LogP contribution in [0.15, 0.2) is 30.6 Å². The summed E-state index contributed by atoms with van der Waals surface area (Å²) in [6, 6.07) is 4.77. The zero-order valence-corrected chi connectivity index (χ0v) is 11.1. The van der Waals surface area contributed by atoms with Gasteiger partial charge >= 0.3 is 0 Å². The van der Waals surface area contributed by atoms with Crippen molar-refractivity contribution < 1.29 is 9.59 Å². The number of nitrogens with zero attached hydrogens (tertiary/aromatic N) is 2. The van der Waals surface area contributed by atoms with Crippen molar-refractivity contribution in [3.63, 3.8) is 0 Å². The van der Waals surface area contributed by atoms with Gasteiger partial charge in [-0.3, -0.25) is 14.3 Å². The lowest BCUT2D eigenvalue weighted by Crippen LogP contribution is -2.19. The van der Waals surface area contributed by atoms with Crippen LogP contribution in [0.2, 0.25) is 5.02 Å². The van der Waals surface area contributed by atoms with Crippen LogP contribution in [0.5, 0.6) is 0 Å². The molecule has 0 unspecified atom stereocenters. The number of hydrogen-bond donors (Lipinski definition) is 3. The predicted octanol–water partition coefficient (Wildman–Crippen LogP) is 0.856. The van der Waals surface area contributed by atoms with Crippen molar-refractivity contribution in [2.75, 3.05) is 11.1 Å². The summed E-state index contributed by atoms with van der Waals surface area (Å²) in [7, 11) is 0. The van der Waals surface area contributed by atoms with Crippen LogP contribution in [0, 0.1) is 0 Å². The van der Waals surface area contributed by atoms with E-state index >= 15 is 0 Å². The van der Waals surface area contributed by atoms with Crippen molar-refractivity contribution in [3.8, 4) is 0 Å². The molecule has 0 spiro atoms. The molecule has 20 heavy (non-hydrogen) atoms. The Bertz CT molecular complexity index is 668. The Kier molecular flexibility index (Phi) is 3.90. The molecule has 5 N–H and O–H groups in total. The largest absolute Gasteiger partial charge is 0.399 e. The first-order chi connectivity index (χ1) is 9.45. The van der Waals surface area contributed by atoms with Crippen LogP contribution in [-0.4, -0.2) is 21.6 Å². The van der Waals surface area contributed by atoms with E-state index in [1.165, 1.54) is 17.1 Å². The van der Waals surface area contributed by atoms with Gasteiger partial charge in [0.15, 0.2) is 0 Å². The van der Waals surface area contributed by atoms with E-state index in [2.05, 4.69) is 10.4 Å². The predicted molar refractivity (Wildman–Crippen MR) is 75.2 cm³/mol. The second-order valence-electron chi connectivity index (χ2n) is 4.08. The molecule has 0 aliphatic carbocycles. The fraction of sp³-hybridized carbons (Fsp3) is 0.0833. The van der Waals surface area contributed by atoms with Gasteiger partial charge in [0.1, 0.15) is 6.54 Å². The highest BCUT2D eigenvalue weighted by Gasteiger charge is 2.09. The Morgan fingerprint density at radius 3 is 2.80 bits per heavy atom. The third kappa shape index (κ3) is 3.27. The molecule has 104 valence electrons. The first kappa shape index (κ1) is 13.9. The number of aromatic nitrogens is 2. The molecule has 1 heterocycles. The van der Waals surface area contributed by atoms with Crippen LogP contribution in [0.25, 0.3) is 0 Å². The molecule has 0 atom stereocenters. The minimum atomic E-state index is -0.601. The maximum absolute atomic E-state index is 11.8. The number of primary amides is 1. The van der Waals surface area contributed by atoms with Gasteiger partial charge in [-0.25, -0.2) is 0 Å². The Balaban J connectivity index is 2.05. The van der Waals surface area contributed by atoms with E-state index < -0.39 is 5.91 Å². The van der Waals surface area contributed by atoms with Gasteiger partial charge < -0.3 is 16.8 Å². The number of rotatable bonds is 4. The number of anilines is 2. The molecule has 7 nitrogen and oxygen atoms in total. The summed E-state index contributed by atoms with van der Waals surface area (Å²) in [5, 5.41) is 6.85. The molecule has 1 aromatic heterocycles. The van der Waals surface area contributed by atoms with E-state index in [9.17, 15) is 9.59 Å². The van der Waals surface area contributed by atoms with E-state index in [1.807, 2.05) is 0 Å². The minimum Gasteiger partial charge on any atom is -0.399 e. The van der Waals surface area contributed by atoms with Crippen LogP contribution >= 0.6 is 11.6 Å². The maximum atomic E-state index is 11.8. The molecule has 8 heteroatoms. The first-order valence-electron chi connectivity index (χ1n) is 5.63. The molecular formula is C12H12ClN5O2. The summed E-state index contributed by atoms with van der Waals surface area (Å²) in [6.07, 6.45) is 2.69. The number of nitrogens with one attached hydrogen (secondary N) is 1. The SMILES string of the molecule is NC(=O)c1cnn(CC(=O)Nc2cc(N)ccc2Cl)c1. The monoisotopic (exact) mass is 293 g/mol. The molecule has 0 saturated heterocycles. The molecule has 0 aliphatic rings. The number of amides is 2. The molecule has 0 saturated carbocycles. The van der Waals surface area contributed by atoms with Crippen molar-refractivity contribution in [3.05, 3.63) is 41.2 Å². The average molecular weight is 294 g/mol. The van der Waals surface area contributed by atoms with Gasteiger partial charge in [-0.05, 0) is 18.2 Å². The van der Waals surface area contributed by atoms with Crippen LogP contribution in [0.1, 0.15) is 10.4 Å². The lowest BCUT2D eigenvalue weighted by Gasteiger charge is -2.08. The van der Waals surface area contributed by atoms with Gasteiger partial charge in [0.2, 0.25) is 5.91 Å². The molecule has 0 radical (unpaired) electrons. The van der Waals surface area contributed by atoms with E-state index in [0.29, 0.717) is 16.4 Å². The molecular weight excluding hydrogens is 282 g/mol. The molecule has 0 fully saturated rings. The smallest absolute Gasteiger partial charge is 0.251 e. The number of carbonyl (C=O) groups is 2. The highest BCUT2D eigenvalue weighted by atomic mass is 35.5. The number of halogens is 1. The summed E-state index contributed by atoms with van der Waals surface area (Å²) in [5.74, 6) is -0.952. The summed E-state index contributed by atoms with van der Waals surface area (Å²) in [4.78, 5) is 22.7. The van der Waals surface area contributed by atoms with Crippen LogP contribution in [0.3, 0.4) is 0 Å². The van der Waals surface area contributed by atoms with E-state index in [0.717, 1.165) is 0 Å². The van der Waals surface area contributed by atoms with Crippen LogP contribution < -0.4 is 16.8 Å². The second-order valence-corrected chi connectivity index (χ2v) is 4.49. The first-order valence-corrected chi connectivity index (χ1v) is 6.00. The molecule has 1 aromatic carbocycles. The number of nitrogen functional groups attached to an aromatic ring is 1. The molecule has 0 bridgehead atoms. The van der Waals surface area contributed by atoms with Crippen molar-refractivity contribution >= 4 is 34.8 Å². The lowest BCUT2D eigenvalue weighted by molar-refractivity contribution is -0.116. The minimum absolute atomic E-state index is 0.0710. The normalized spacial score (nSPS) is 10.2. The summed E-state index contributed by atoms with van der Waals surface area (Å²) >= 11 is 5.94. The maximum Gasteiger partial charge on any atom is 0.251 e. The highest BCUT2D eigenvalue weighted by molar-refractivity contribution is 6.33. The van der Waals surface area contributed by atoms with Crippen molar-refractivity contribution in [2.24, 2.45) is 5.73 Å². The standard InChI is InChI=1S/C12H12ClN5O2/c13-9-2-1-8(14)3-10(9)17-11(19)6-18-5-7(4-16-18)12(15)20/h1-5H,6,14H2,(H2,15,20)(H,17,19). The Hall–Kier alpha value is -2.54. The third-order valence-corrected chi connectivity index (χ3v) is 2.82. The van der Waals surface area contributed by atoms with Crippen molar-refractivity contribution in [1.29, 1.82) is 0 Å². The van der Waals surface area contributed by atoms with Gasteiger partial charge in [0, 0.05) is 11.9 Å². The average Bonchev–Trinajstić information content (AvgIpc) is 2.82. The summed E-state index contributed by atoms with van der Waals surface area (Å²) < 4.78 is 1.30. The fourth-order valence-corrected chi connectivity index (χ4v) is 1.72. The van der Waals surface area contributed by atoms with E-state index in [1.54, 1.807) is 18.2 Å². The molecule has 2 amide bonds. The third-order valence-electron chi connectivity index (χ3n) is 2.49. The summed E-state index contributed by atoms with van der Waals surface area (Å²) in [6.45, 7) is -0.0710. The number of carbonyl (C=O) groups excluding carboxylic acids is 2. The van der Waals surface area contributed by atoms with Gasteiger partial charge in [0.05, 0.1) is 22.5 Å². The van der Waals surface area contributed by atoms with Crippen molar-refractivity contribution in [2.45, 2.75) is 6.54 Å². The van der Waals surface area contributed by atoms with Crippen molar-refractivity contribution in [1.82, 2.24) is 9.78 Å². The molecule has 2 rings (SSSR count). The van der Waals surface area contributed by atoms with E-state index in [-0.39, 0.29) is 18.0 Å². The van der Waals surface area contributed by atoms with Crippen LogP contribution in [0.4, 0.5) is 11.4 Å². The van der Waals surface area contributed by atoms with Gasteiger partial charge in [-0.15, -0.1) is 0 Å². The molecule has 2 aromatic rings. The number of hydrogen-bond acceptors (Lipinski definition) is 4. The van der Waals surface area contributed by atoms with Gasteiger partial charge in [-0.2, -0.15) is 5.10 Å². The van der Waals surface area contributed by atoms with E-state index in [4.69, 9.17) is 23.1 Å². The zero-order chi connectivity index (χ0) is 14.7. The lowest BCUT2D eigenvalue weighted by atomic mass is 10.3. The second kappa shape index (κ2) is 5.62. The summed E-state index contributed by atoms with van der Waals surface area (Å²) in [5.41, 5.74) is 11.8. The quantitative estimate of drug-likeness (QED) is 0.725. The zero-order valence-electron chi connectivity index (χ0n) is 10.3. The Morgan fingerprint density at radius 2 is 2.15 bits per heavy atom. The highest BCUT2D eigenvalue weighted by Crippen LogP contribution is 2.23. The number of nitrogens with two attached hydrogens (primary N) is 2. The Morgan fingerprint density at radius 1 is 1.40 bits per heavy atom. The Labute approximate surface area is 119 Å². The van der Waals surface area contributed by atoms with Gasteiger partial charge in [0.25, 0.3) is 5.91 Å². The molecule has 0 aliphatic heterocycles. The fourth-order valence-electron chi connectivity index (χ4n) is 1.55. The number of benzene rings is 1. The van der Waals surface area contributed by atoms with Crippen LogP contribution in [-0.2, 0) is 11.3 Å². The van der Waals surface area contributed by atoms with Gasteiger partial charge in [-0.1, -0.05) is 11.6 Å².